The summed E-state index contributed by atoms with van der Waals surface area (Å²) in [7, 11) is 3.32. The number of hydrogen-bond donors (Lipinski definition) is 1. The number of aliphatic hydroxyl groups excluding tert-OH is 1. The van der Waals surface area contributed by atoms with Gasteiger partial charge in [0.2, 0.25) is 0 Å². The first-order valence-electron chi connectivity index (χ1n) is 17.0. The van der Waals surface area contributed by atoms with Gasteiger partial charge in [-0.1, -0.05) is 12.1 Å². The Morgan fingerprint density at radius 2 is 0.960 bits per heavy atom. The molecule has 4 aliphatic heterocycles. The van der Waals surface area contributed by atoms with Gasteiger partial charge in [-0.3, -0.25) is 0 Å². The van der Waals surface area contributed by atoms with Crippen molar-refractivity contribution >= 4 is 23.1 Å². The third kappa shape index (κ3) is 7.23. The number of carbonyl (C=O) groups is 2. The van der Waals surface area contributed by atoms with Gasteiger partial charge >= 0.3 is 41.5 Å². The summed E-state index contributed by atoms with van der Waals surface area (Å²) in [4.78, 5) is 36.0. The molecule has 268 valence electrons. The van der Waals surface area contributed by atoms with E-state index in [9.17, 15) is 14.7 Å². The van der Waals surface area contributed by atoms with Crippen LogP contribution in [-0.2, 0) is 28.7 Å². The van der Waals surface area contributed by atoms with Crippen LogP contribution < -0.4 is 29.6 Å². The summed E-state index contributed by atoms with van der Waals surface area (Å²) in [5.74, 6) is -0.515. The number of benzene rings is 2. The van der Waals surface area contributed by atoms with Gasteiger partial charge in [0, 0.05) is 51.9 Å². The van der Waals surface area contributed by atoms with E-state index in [0.717, 1.165) is 70.5 Å². The van der Waals surface area contributed by atoms with Crippen LogP contribution in [0, 0.1) is 55.4 Å². The fraction of sp³-hybridized carbons (Fsp3) is 0.538. The van der Waals surface area contributed by atoms with Gasteiger partial charge in [0.05, 0.1) is 19.8 Å². The molecule has 2 saturated heterocycles. The maximum atomic E-state index is 12.8. The molecule has 0 aromatic heterocycles. The van der Waals surface area contributed by atoms with Crippen LogP contribution in [0.4, 0.5) is 0 Å². The van der Waals surface area contributed by atoms with E-state index in [2.05, 4.69) is 53.7 Å². The maximum absolute atomic E-state index is 12.8. The molecule has 0 atom stereocenters. The van der Waals surface area contributed by atoms with E-state index in [4.69, 9.17) is 19.1 Å². The van der Waals surface area contributed by atoms with Gasteiger partial charge in [0.15, 0.2) is 11.4 Å². The number of ether oxygens (including phenoxy) is 2. The Balaban J connectivity index is 0.000000260. The minimum atomic E-state index is -0.904. The Kier molecular flexibility index (Phi) is 13.4. The Morgan fingerprint density at radius 3 is 1.38 bits per heavy atom. The molecule has 6 rings (SSSR count). The number of hydroxylamine groups is 4. The van der Waals surface area contributed by atoms with Crippen molar-refractivity contribution in [2.45, 2.75) is 99.2 Å². The fourth-order valence-corrected chi connectivity index (χ4v) is 8.01. The number of aryl methyl sites for hydroxylation is 4. The molecule has 4 heterocycles. The van der Waals surface area contributed by atoms with Crippen molar-refractivity contribution in [2.24, 2.45) is 0 Å². The number of carbonyl (C=O) groups excluding carboxylic acids is 2. The van der Waals surface area contributed by atoms with Crippen LogP contribution in [0.15, 0.2) is 23.5 Å². The van der Waals surface area contributed by atoms with E-state index in [1.165, 1.54) is 22.3 Å². The summed E-state index contributed by atoms with van der Waals surface area (Å²) in [6, 6.07) is 4.23. The molecular formula is C39H53N2NaO8. The minimum absolute atomic E-state index is 0. The summed E-state index contributed by atoms with van der Waals surface area (Å²) in [5.41, 5.74) is 11.9. The Labute approximate surface area is 319 Å². The number of nitrogens with zero attached hydrogens (tertiary/aromatic N) is 2. The van der Waals surface area contributed by atoms with Gasteiger partial charge in [0.1, 0.15) is 11.2 Å². The molecule has 2 aromatic carbocycles. The van der Waals surface area contributed by atoms with Crippen molar-refractivity contribution in [2.75, 3.05) is 40.4 Å². The van der Waals surface area contributed by atoms with E-state index in [0.29, 0.717) is 31.5 Å². The zero-order valence-corrected chi connectivity index (χ0v) is 34.0. The van der Waals surface area contributed by atoms with Gasteiger partial charge in [-0.15, -0.1) is 0 Å². The molecule has 2 fully saturated rings. The first-order chi connectivity index (χ1) is 22.6. The summed E-state index contributed by atoms with van der Waals surface area (Å²) in [6.45, 7) is 21.4. The van der Waals surface area contributed by atoms with E-state index in [1.807, 2.05) is 30.9 Å². The summed E-state index contributed by atoms with van der Waals surface area (Å²) in [6.07, 6.45) is 2.63. The molecule has 11 heteroatoms. The van der Waals surface area contributed by atoms with Gasteiger partial charge in [-0.05, 0) is 124 Å². The van der Waals surface area contributed by atoms with Gasteiger partial charge < -0.3 is 29.7 Å². The smallest absolute Gasteiger partial charge is 0.870 e. The van der Waals surface area contributed by atoms with Crippen LogP contribution in [0.5, 0.6) is 0 Å². The molecule has 4 aliphatic rings. The topological polar surface area (TPSA) is 128 Å². The average molecular weight is 701 g/mol. The second-order valence-electron chi connectivity index (χ2n) is 14.0. The summed E-state index contributed by atoms with van der Waals surface area (Å²) < 4.78 is 11.6. The zero-order valence-electron chi connectivity index (χ0n) is 32.0. The molecule has 0 unspecified atom stereocenters. The van der Waals surface area contributed by atoms with Crippen molar-refractivity contribution < 1.29 is 68.9 Å². The monoisotopic (exact) mass is 700 g/mol. The standard InChI is InChI=1S/C20H27NO3.C19H25NO4.Na.H2O/c1-12-11-13(2)17(15(4)14(12)3)18-16(5)20(24-19(18)22)7-9-21(23-6)10-8-20;1-11-10-12(2)15(14(4)13(11)3)16-17(21)19(24-18(16)22)6-8-20(23-5)9-7-19;;/h11H,7-10H2,1-6H3;10,21H,6-9H2,1-5H3;;1H2/q;;+1;/p-1. The van der Waals surface area contributed by atoms with Gasteiger partial charge in [0.25, 0.3) is 0 Å². The molecule has 2 N–H and O–H groups in total. The predicted octanol–water partition coefficient (Wildman–Crippen LogP) is 3.62. The van der Waals surface area contributed by atoms with E-state index < -0.39 is 17.2 Å². The van der Waals surface area contributed by atoms with Crippen LogP contribution >= 0.6 is 0 Å². The molecule has 2 aromatic rings. The van der Waals surface area contributed by atoms with Crippen molar-refractivity contribution in [3.05, 3.63) is 79.1 Å². The zero-order chi connectivity index (χ0) is 35.3. The second kappa shape index (κ2) is 16.0. The van der Waals surface area contributed by atoms with Gasteiger partial charge in [-0.2, -0.15) is 10.1 Å². The number of rotatable bonds is 4. The molecule has 2 spiro atoms. The fourth-order valence-electron chi connectivity index (χ4n) is 8.01. The molecule has 0 radical (unpaired) electrons. The van der Waals surface area contributed by atoms with Crippen LogP contribution in [-0.4, -0.2) is 84.2 Å². The largest absolute Gasteiger partial charge is 1.00 e. The Morgan fingerprint density at radius 1 is 0.600 bits per heavy atom. The molecule has 0 amide bonds. The maximum Gasteiger partial charge on any atom is 1.00 e. The molecule has 0 aliphatic carbocycles. The van der Waals surface area contributed by atoms with E-state index in [-0.39, 0.29) is 46.8 Å². The quantitative estimate of drug-likeness (QED) is 0.373. The Bertz CT molecular complexity index is 1590. The number of hydrogen-bond acceptors (Lipinski definition) is 10. The van der Waals surface area contributed by atoms with Crippen LogP contribution in [0.2, 0.25) is 0 Å². The van der Waals surface area contributed by atoms with Crippen LogP contribution in [0.1, 0.15) is 88.2 Å². The Hall–Kier alpha value is -2.54. The van der Waals surface area contributed by atoms with Gasteiger partial charge in [-0.25, -0.2) is 9.59 Å². The van der Waals surface area contributed by atoms with Crippen molar-refractivity contribution in [3.8, 4) is 0 Å². The average Bonchev–Trinajstić information content (AvgIpc) is 3.43. The van der Waals surface area contributed by atoms with E-state index in [1.54, 1.807) is 14.2 Å². The third-order valence-corrected chi connectivity index (χ3v) is 11.5. The van der Waals surface area contributed by atoms with Crippen LogP contribution in [0.3, 0.4) is 0 Å². The van der Waals surface area contributed by atoms with Crippen molar-refractivity contribution in [3.63, 3.8) is 0 Å². The molecule has 0 saturated carbocycles. The minimum Gasteiger partial charge on any atom is -0.870 e. The van der Waals surface area contributed by atoms with E-state index >= 15 is 0 Å². The molecular weight excluding hydrogens is 647 g/mol. The normalized spacial score (nSPS) is 20.0. The van der Waals surface area contributed by atoms with Crippen molar-refractivity contribution in [1.29, 1.82) is 0 Å². The van der Waals surface area contributed by atoms with Crippen LogP contribution in [0.25, 0.3) is 11.1 Å². The molecule has 10 nitrogen and oxygen atoms in total. The first kappa shape index (κ1) is 41.9. The summed E-state index contributed by atoms with van der Waals surface area (Å²) in [5, 5.41) is 14.7. The SMILES string of the molecule is CON1CCC2(CC1)OC(=O)C(c1c(C)cc(C)c(C)c1C)=C2C.CON1CCC2(CC1)OC(=O)C(c1c(C)cc(C)c(C)c1C)=C2O.[Na+].[OH-]. The molecule has 0 bridgehead atoms. The number of esters is 2. The number of piperidine rings is 2. The summed E-state index contributed by atoms with van der Waals surface area (Å²) >= 11 is 0. The number of aliphatic hydroxyl groups is 1. The predicted molar refractivity (Wildman–Crippen MR) is 188 cm³/mol. The molecule has 50 heavy (non-hydrogen) atoms. The third-order valence-electron chi connectivity index (χ3n) is 11.5. The first-order valence-corrected chi connectivity index (χ1v) is 17.0. The van der Waals surface area contributed by atoms with Crippen molar-refractivity contribution in [1.82, 2.24) is 10.1 Å². The second-order valence-corrected chi connectivity index (χ2v) is 14.0.